The third kappa shape index (κ3) is 2.91. The number of amides is 1. The molecule has 24 heavy (non-hydrogen) atoms. The van der Waals surface area contributed by atoms with Gasteiger partial charge in [-0.15, -0.1) is 0 Å². The minimum atomic E-state index is -0.0701. The van der Waals surface area contributed by atoms with E-state index in [1.165, 1.54) is 30.9 Å². The van der Waals surface area contributed by atoms with Gasteiger partial charge >= 0.3 is 0 Å². The summed E-state index contributed by atoms with van der Waals surface area (Å²) in [6.07, 6.45) is 6.48. The Bertz CT molecular complexity index is 709. The van der Waals surface area contributed by atoms with Crippen molar-refractivity contribution >= 4 is 5.91 Å². The Hall–Kier alpha value is -2.27. The lowest BCUT2D eigenvalue weighted by Crippen LogP contribution is -2.40. The molecular weight excluding hydrogens is 304 g/mol. The molecule has 1 saturated carbocycles. The van der Waals surface area contributed by atoms with Crippen LogP contribution in [0.25, 0.3) is 0 Å². The van der Waals surface area contributed by atoms with E-state index in [-0.39, 0.29) is 18.0 Å². The first-order valence-corrected chi connectivity index (χ1v) is 8.49. The fourth-order valence-corrected chi connectivity index (χ4v) is 3.68. The Labute approximate surface area is 141 Å². The van der Waals surface area contributed by atoms with Crippen molar-refractivity contribution in [1.29, 1.82) is 0 Å². The van der Waals surface area contributed by atoms with E-state index in [1.807, 2.05) is 12.1 Å². The number of nitrogens with zero attached hydrogens (tertiary/aromatic N) is 1. The van der Waals surface area contributed by atoms with E-state index in [9.17, 15) is 4.79 Å². The van der Waals surface area contributed by atoms with Gasteiger partial charge in [0.15, 0.2) is 0 Å². The summed E-state index contributed by atoms with van der Waals surface area (Å²) < 4.78 is 10.4. The Morgan fingerprint density at radius 1 is 1.29 bits per heavy atom. The van der Waals surface area contributed by atoms with Gasteiger partial charge in [0.1, 0.15) is 12.0 Å². The average Bonchev–Trinajstić information content (AvgIpc) is 3.14. The van der Waals surface area contributed by atoms with Crippen LogP contribution in [0.2, 0.25) is 0 Å². The molecule has 0 unspecified atom stereocenters. The highest BCUT2D eigenvalue weighted by molar-refractivity contribution is 5.94. The molecule has 1 amide bonds. The summed E-state index contributed by atoms with van der Waals surface area (Å²) in [5.74, 6) is 0.786. The largest absolute Gasteiger partial charge is 0.497 e. The number of methoxy groups -OCH3 is 1. The van der Waals surface area contributed by atoms with Crippen molar-refractivity contribution in [3.8, 4) is 5.75 Å². The number of hydrogen-bond donors (Lipinski definition) is 1. The number of ether oxygens (including phenoxy) is 1. The van der Waals surface area contributed by atoms with Gasteiger partial charge in [-0.3, -0.25) is 9.69 Å². The lowest BCUT2D eigenvalue weighted by Gasteiger charge is -2.29. The first kappa shape index (κ1) is 15.3. The maximum Gasteiger partial charge on any atom is 0.254 e. The van der Waals surface area contributed by atoms with Gasteiger partial charge in [0.05, 0.1) is 31.0 Å². The highest BCUT2D eigenvalue weighted by Gasteiger charge is 2.43. The summed E-state index contributed by atoms with van der Waals surface area (Å²) in [5.41, 5.74) is 1.78. The van der Waals surface area contributed by atoms with E-state index in [2.05, 4.69) is 22.3 Å². The predicted molar refractivity (Wildman–Crippen MR) is 90.0 cm³/mol. The molecule has 5 nitrogen and oxygen atoms in total. The molecule has 1 saturated heterocycles. The van der Waals surface area contributed by atoms with Gasteiger partial charge in [-0.1, -0.05) is 12.1 Å². The standard InChI is InChI=1S/C19H22N2O3/c1-23-16-4-2-3-13(11-16)18-17(7-9-21(18)15-5-6-15)20-19(22)14-8-10-24-12-14/h2-4,8,10-12,15,17-18H,5-7,9H2,1H3,(H,20,22)/t17-,18-/m0/s1. The van der Waals surface area contributed by atoms with Gasteiger partial charge in [-0.05, 0) is 43.0 Å². The van der Waals surface area contributed by atoms with Crippen LogP contribution in [0.3, 0.4) is 0 Å². The molecule has 2 atom stereocenters. The predicted octanol–water partition coefficient (Wildman–Crippen LogP) is 3.00. The molecule has 2 aromatic rings. The van der Waals surface area contributed by atoms with E-state index >= 15 is 0 Å². The van der Waals surface area contributed by atoms with Gasteiger partial charge in [0.25, 0.3) is 5.91 Å². The number of likely N-dealkylation sites (tertiary alicyclic amines) is 1. The van der Waals surface area contributed by atoms with Crippen molar-refractivity contribution in [1.82, 2.24) is 10.2 Å². The van der Waals surface area contributed by atoms with Gasteiger partial charge in [-0.25, -0.2) is 0 Å². The SMILES string of the molecule is COc1cccc([C@H]2[C@@H](NC(=O)c3ccoc3)CCN2C2CC2)c1. The summed E-state index contributed by atoms with van der Waals surface area (Å²) >= 11 is 0. The van der Waals surface area contributed by atoms with Crippen molar-refractivity contribution in [3.05, 3.63) is 54.0 Å². The first-order chi connectivity index (χ1) is 11.8. The van der Waals surface area contributed by atoms with E-state index < -0.39 is 0 Å². The molecule has 1 aromatic heterocycles. The lowest BCUT2D eigenvalue weighted by atomic mass is 9.99. The molecule has 2 fully saturated rings. The smallest absolute Gasteiger partial charge is 0.254 e. The summed E-state index contributed by atoms with van der Waals surface area (Å²) in [7, 11) is 1.69. The zero-order valence-electron chi connectivity index (χ0n) is 13.8. The maximum absolute atomic E-state index is 12.4. The van der Waals surface area contributed by atoms with Gasteiger partial charge in [0.2, 0.25) is 0 Å². The molecular formula is C19H22N2O3. The van der Waals surface area contributed by atoms with Crippen LogP contribution >= 0.6 is 0 Å². The highest BCUT2D eigenvalue weighted by Crippen LogP contribution is 2.41. The zero-order valence-corrected chi connectivity index (χ0v) is 13.8. The number of carbonyl (C=O) groups is 1. The molecule has 1 N–H and O–H groups in total. The second kappa shape index (κ2) is 6.32. The average molecular weight is 326 g/mol. The van der Waals surface area contributed by atoms with E-state index in [0.717, 1.165) is 18.7 Å². The summed E-state index contributed by atoms with van der Waals surface area (Å²) in [6.45, 7) is 1.02. The minimum Gasteiger partial charge on any atom is -0.497 e. The van der Waals surface area contributed by atoms with E-state index in [1.54, 1.807) is 13.2 Å². The molecule has 0 spiro atoms. The molecule has 0 radical (unpaired) electrons. The van der Waals surface area contributed by atoms with Gasteiger partial charge in [0, 0.05) is 12.6 Å². The molecule has 1 aliphatic carbocycles. The van der Waals surface area contributed by atoms with Crippen LogP contribution in [0.5, 0.6) is 5.75 Å². The molecule has 5 heteroatoms. The van der Waals surface area contributed by atoms with Crippen LogP contribution in [-0.4, -0.2) is 36.5 Å². The second-order valence-corrected chi connectivity index (χ2v) is 6.57. The van der Waals surface area contributed by atoms with Crippen molar-refractivity contribution < 1.29 is 13.9 Å². The van der Waals surface area contributed by atoms with Gasteiger partial charge in [-0.2, -0.15) is 0 Å². The molecule has 126 valence electrons. The van der Waals surface area contributed by atoms with Crippen LogP contribution in [0, 0.1) is 0 Å². The minimum absolute atomic E-state index is 0.0701. The molecule has 1 aromatic carbocycles. The quantitative estimate of drug-likeness (QED) is 0.918. The number of carbonyl (C=O) groups excluding carboxylic acids is 1. The summed E-state index contributed by atoms with van der Waals surface area (Å²) in [6, 6.07) is 10.8. The second-order valence-electron chi connectivity index (χ2n) is 6.57. The number of hydrogen-bond acceptors (Lipinski definition) is 4. The van der Waals surface area contributed by atoms with Crippen molar-refractivity contribution in [2.45, 2.75) is 37.4 Å². The first-order valence-electron chi connectivity index (χ1n) is 8.49. The van der Waals surface area contributed by atoms with Crippen LogP contribution < -0.4 is 10.1 Å². The maximum atomic E-state index is 12.4. The van der Waals surface area contributed by atoms with E-state index in [4.69, 9.17) is 9.15 Å². The van der Waals surface area contributed by atoms with Crippen LogP contribution in [0.1, 0.15) is 41.2 Å². The van der Waals surface area contributed by atoms with Crippen molar-refractivity contribution in [2.75, 3.05) is 13.7 Å². The Morgan fingerprint density at radius 3 is 2.88 bits per heavy atom. The number of furan rings is 1. The third-order valence-corrected chi connectivity index (χ3v) is 4.99. The third-order valence-electron chi connectivity index (χ3n) is 4.99. The van der Waals surface area contributed by atoms with Crippen LogP contribution in [-0.2, 0) is 0 Å². The number of rotatable bonds is 5. The fraction of sp³-hybridized carbons (Fsp3) is 0.421. The Morgan fingerprint density at radius 2 is 2.17 bits per heavy atom. The monoisotopic (exact) mass is 326 g/mol. The topological polar surface area (TPSA) is 54.7 Å². The molecule has 0 bridgehead atoms. The Kier molecular flexibility index (Phi) is 4.02. The summed E-state index contributed by atoms with van der Waals surface area (Å²) in [4.78, 5) is 15.0. The molecule has 1 aliphatic heterocycles. The normalized spacial score (nSPS) is 24.0. The van der Waals surface area contributed by atoms with Crippen LogP contribution in [0.15, 0.2) is 47.3 Å². The number of nitrogens with one attached hydrogen (secondary N) is 1. The highest BCUT2D eigenvalue weighted by atomic mass is 16.5. The molecule has 4 rings (SSSR count). The lowest BCUT2D eigenvalue weighted by molar-refractivity contribution is 0.0923. The van der Waals surface area contributed by atoms with Gasteiger partial charge < -0.3 is 14.5 Å². The van der Waals surface area contributed by atoms with E-state index in [0.29, 0.717) is 11.6 Å². The molecule has 2 aliphatic rings. The summed E-state index contributed by atoms with van der Waals surface area (Å²) in [5, 5.41) is 3.20. The Balaban J connectivity index is 1.59. The molecule has 2 heterocycles. The number of benzene rings is 1. The van der Waals surface area contributed by atoms with Crippen molar-refractivity contribution in [3.63, 3.8) is 0 Å². The van der Waals surface area contributed by atoms with Crippen LogP contribution in [0.4, 0.5) is 0 Å². The fourth-order valence-electron chi connectivity index (χ4n) is 3.68. The zero-order chi connectivity index (χ0) is 16.5. The van der Waals surface area contributed by atoms with Crippen molar-refractivity contribution in [2.24, 2.45) is 0 Å².